The molecule has 0 radical (unpaired) electrons. The molecule has 25 heavy (non-hydrogen) atoms. The number of hydrogen-bond acceptors (Lipinski definition) is 4. The van der Waals surface area contributed by atoms with Crippen molar-refractivity contribution in [3.05, 3.63) is 48.0 Å². The molecule has 0 saturated carbocycles. The maximum Gasteiger partial charge on any atom is 0.305 e. The van der Waals surface area contributed by atoms with Crippen LogP contribution >= 0.6 is 12.2 Å². The zero-order valence-corrected chi connectivity index (χ0v) is 15.1. The summed E-state index contributed by atoms with van der Waals surface area (Å²) in [7, 11) is 1.41. The number of hydrazone groups is 1. The third-order valence-corrected chi connectivity index (χ3v) is 3.96. The van der Waals surface area contributed by atoms with Gasteiger partial charge in [-0.1, -0.05) is 42.8 Å². The van der Waals surface area contributed by atoms with Crippen molar-refractivity contribution < 1.29 is 9.53 Å². The number of unbranched alkanes of at least 4 members (excludes halogenated alkanes) is 2. The maximum atomic E-state index is 11.0. The van der Waals surface area contributed by atoms with Gasteiger partial charge in [-0.25, -0.2) is 0 Å². The van der Waals surface area contributed by atoms with E-state index in [0.717, 1.165) is 31.4 Å². The first kappa shape index (κ1) is 18.9. The minimum absolute atomic E-state index is 0.159. The van der Waals surface area contributed by atoms with E-state index in [9.17, 15) is 4.79 Å². The van der Waals surface area contributed by atoms with E-state index < -0.39 is 0 Å². The van der Waals surface area contributed by atoms with Crippen LogP contribution < -0.4 is 10.7 Å². The lowest BCUT2D eigenvalue weighted by Crippen LogP contribution is -2.32. The smallest absolute Gasteiger partial charge is 0.305 e. The molecule has 5 nitrogen and oxygen atoms in total. The lowest BCUT2D eigenvalue weighted by molar-refractivity contribution is -0.140. The number of carbonyl (C=O) groups excluding carboxylic acids is 1. The fraction of sp³-hybridized carbons (Fsp3) is 0.316. The summed E-state index contributed by atoms with van der Waals surface area (Å²) in [6, 6.07) is 14.4. The van der Waals surface area contributed by atoms with Crippen molar-refractivity contribution >= 4 is 40.3 Å². The Labute approximate surface area is 153 Å². The standard InChI is InChI=1S/C19H23N3O2S/c1-24-18(23)9-3-2-6-12-20-19(25)22-21-14-15-10-11-16-7-4-5-8-17(16)13-15/h4-5,7-8,10-11,13-14H,2-3,6,9,12H2,1H3,(H2,20,22,25)/b21-14-. The van der Waals surface area contributed by atoms with Crippen LogP contribution in [0, 0.1) is 0 Å². The van der Waals surface area contributed by atoms with Gasteiger partial charge in [-0.2, -0.15) is 5.10 Å². The van der Waals surface area contributed by atoms with Crippen LogP contribution in [0.3, 0.4) is 0 Å². The van der Waals surface area contributed by atoms with Gasteiger partial charge in [0.1, 0.15) is 0 Å². The van der Waals surface area contributed by atoms with Crippen LogP contribution in [-0.2, 0) is 9.53 Å². The molecule has 132 valence electrons. The summed E-state index contributed by atoms with van der Waals surface area (Å²) in [4.78, 5) is 11.0. The molecule has 6 heteroatoms. The molecule has 0 bridgehead atoms. The number of ether oxygens (including phenoxy) is 1. The van der Waals surface area contributed by atoms with Crippen LogP contribution in [-0.4, -0.2) is 31.0 Å². The summed E-state index contributed by atoms with van der Waals surface area (Å²) in [5.74, 6) is -0.159. The number of rotatable bonds is 8. The molecule has 0 aromatic heterocycles. The SMILES string of the molecule is COC(=O)CCCCCNC(=S)N/N=C\c1ccc2ccccc2c1. The predicted octanol–water partition coefficient (Wildman–Crippen LogP) is 3.37. The number of thiocarbonyl (C=S) groups is 1. The molecule has 0 aliphatic rings. The lowest BCUT2D eigenvalue weighted by Gasteiger charge is -2.06. The zero-order valence-electron chi connectivity index (χ0n) is 14.3. The fourth-order valence-corrected chi connectivity index (χ4v) is 2.52. The molecule has 0 unspecified atom stereocenters. The van der Waals surface area contributed by atoms with Crippen LogP contribution in [0.1, 0.15) is 31.2 Å². The van der Waals surface area contributed by atoms with E-state index in [-0.39, 0.29) is 5.97 Å². The van der Waals surface area contributed by atoms with Crippen LogP contribution in [0.4, 0.5) is 0 Å². The van der Waals surface area contributed by atoms with Crippen molar-refractivity contribution in [2.75, 3.05) is 13.7 Å². The van der Waals surface area contributed by atoms with E-state index in [1.54, 1.807) is 6.21 Å². The second-order valence-electron chi connectivity index (χ2n) is 5.62. The largest absolute Gasteiger partial charge is 0.469 e. The van der Waals surface area contributed by atoms with Gasteiger partial charge in [-0.15, -0.1) is 0 Å². The predicted molar refractivity (Wildman–Crippen MR) is 106 cm³/mol. The second-order valence-corrected chi connectivity index (χ2v) is 6.03. The normalized spacial score (nSPS) is 10.8. The Hall–Kier alpha value is -2.47. The fourth-order valence-electron chi connectivity index (χ4n) is 2.37. The number of hydrogen-bond donors (Lipinski definition) is 2. The van der Waals surface area contributed by atoms with E-state index in [1.165, 1.54) is 17.9 Å². The lowest BCUT2D eigenvalue weighted by atomic mass is 10.1. The Bertz CT molecular complexity index is 746. The number of fused-ring (bicyclic) bond motifs is 1. The highest BCUT2D eigenvalue weighted by Gasteiger charge is 1.99. The molecule has 0 atom stereocenters. The first-order chi connectivity index (χ1) is 12.2. The van der Waals surface area contributed by atoms with E-state index in [4.69, 9.17) is 12.2 Å². The Morgan fingerprint density at radius 3 is 2.76 bits per heavy atom. The van der Waals surface area contributed by atoms with Crippen molar-refractivity contribution in [3.63, 3.8) is 0 Å². The number of nitrogens with one attached hydrogen (secondary N) is 2. The van der Waals surface area contributed by atoms with E-state index in [2.05, 4.69) is 44.8 Å². The average molecular weight is 357 g/mol. The zero-order chi connectivity index (χ0) is 17.9. The van der Waals surface area contributed by atoms with Gasteiger partial charge < -0.3 is 10.1 Å². The first-order valence-electron chi connectivity index (χ1n) is 8.31. The molecule has 2 aromatic rings. The molecule has 0 fully saturated rings. The Morgan fingerprint density at radius 1 is 1.16 bits per heavy atom. The van der Waals surface area contributed by atoms with Gasteiger partial charge in [0.2, 0.25) is 0 Å². The van der Waals surface area contributed by atoms with Gasteiger partial charge in [0.15, 0.2) is 5.11 Å². The first-order valence-corrected chi connectivity index (χ1v) is 8.72. The summed E-state index contributed by atoms with van der Waals surface area (Å²) in [5, 5.41) is 10.1. The van der Waals surface area contributed by atoms with Crippen LogP contribution in [0.15, 0.2) is 47.6 Å². The van der Waals surface area contributed by atoms with E-state index >= 15 is 0 Å². The van der Waals surface area contributed by atoms with Gasteiger partial charge in [-0.05, 0) is 47.5 Å². The number of carbonyl (C=O) groups is 1. The highest BCUT2D eigenvalue weighted by atomic mass is 32.1. The minimum Gasteiger partial charge on any atom is -0.469 e. The molecule has 0 amide bonds. The van der Waals surface area contributed by atoms with Crippen molar-refractivity contribution in [1.82, 2.24) is 10.7 Å². The molecule has 2 rings (SSSR count). The molecular formula is C19H23N3O2S. The summed E-state index contributed by atoms with van der Waals surface area (Å²) in [5.41, 5.74) is 3.82. The van der Waals surface area contributed by atoms with Crippen LogP contribution in [0.2, 0.25) is 0 Å². The molecule has 0 aliphatic carbocycles. The quantitative estimate of drug-likeness (QED) is 0.249. The Balaban J connectivity index is 1.65. The van der Waals surface area contributed by atoms with Crippen LogP contribution in [0.5, 0.6) is 0 Å². The van der Waals surface area contributed by atoms with Crippen molar-refractivity contribution in [1.29, 1.82) is 0 Å². The van der Waals surface area contributed by atoms with Gasteiger partial charge in [0.05, 0.1) is 13.3 Å². The van der Waals surface area contributed by atoms with Crippen molar-refractivity contribution in [2.45, 2.75) is 25.7 Å². The number of nitrogens with zero attached hydrogens (tertiary/aromatic N) is 1. The summed E-state index contributed by atoms with van der Waals surface area (Å²) in [6.07, 6.45) is 4.93. The third kappa shape index (κ3) is 6.89. The molecular weight excluding hydrogens is 334 g/mol. The van der Waals surface area contributed by atoms with E-state index in [0.29, 0.717) is 11.5 Å². The van der Waals surface area contributed by atoms with E-state index in [1.807, 2.05) is 18.2 Å². The van der Waals surface area contributed by atoms with Gasteiger partial charge in [-0.3, -0.25) is 10.2 Å². The second kappa shape index (κ2) is 10.4. The molecule has 0 heterocycles. The number of methoxy groups -OCH3 is 1. The van der Waals surface area contributed by atoms with Gasteiger partial charge in [0, 0.05) is 13.0 Å². The molecule has 0 saturated heterocycles. The molecule has 0 aliphatic heterocycles. The summed E-state index contributed by atoms with van der Waals surface area (Å²) < 4.78 is 4.60. The Kier molecular flexibility index (Phi) is 7.85. The Morgan fingerprint density at radius 2 is 1.96 bits per heavy atom. The average Bonchev–Trinajstić information content (AvgIpc) is 2.64. The highest BCUT2D eigenvalue weighted by Crippen LogP contribution is 2.14. The molecule has 2 aromatic carbocycles. The van der Waals surface area contributed by atoms with Crippen molar-refractivity contribution in [2.24, 2.45) is 5.10 Å². The highest BCUT2D eigenvalue weighted by molar-refractivity contribution is 7.80. The summed E-state index contributed by atoms with van der Waals surface area (Å²) >= 11 is 5.17. The van der Waals surface area contributed by atoms with Crippen LogP contribution in [0.25, 0.3) is 10.8 Å². The topological polar surface area (TPSA) is 62.7 Å². The number of esters is 1. The monoisotopic (exact) mass is 357 g/mol. The number of benzene rings is 2. The third-order valence-electron chi connectivity index (χ3n) is 3.72. The summed E-state index contributed by atoms with van der Waals surface area (Å²) in [6.45, 7) is 0.749. The molecule has 2 N–H and O–H groups in total. The molecule has 0 spiro atoms. The van der Waals surface area contributed by atoms with Gasteiger partial charge >= 0.3 is 5.97 Å². The minimum atomic E-state index is -0.159. The van der Waals surface area contributed by atoms with Gasteiger partial charge in [0.25, 0.3) is 0 Å². The maximum absolute atomic E-state index is 11.0. The van der Waals surface area contributed by atoms with Crippen molar-refractivity contribution in [3.8, 4) is 0 Å².